The van der Waals surface area contributed by atoms with E-state index in [4.69, 9.17) is 9.47 Å². The molecular weight excluding hydrogens is 250 g/mol. The summed E-state index contributed by atoms with van der Waals surface area (Å²) in [5, 5.41) is 3.38. The molecule has 1 aromatic rings. The molecule has 3 nitrogen and oxygen atoms in total. The molecule has 0 spiro atoms. The van der Waals surface area contributed by atoms with Gasteiger partial charge in [0, 0.05) is 13.2 Å². The highest BCUT2D eigenvalue weighted by Gasteiger charge is 2.18. The van der Waals surface area contributed by atoms with Gasteiger partial charge in [-0.3, -0.25) is 0 Å². The zero-order valence-electron chi connectivity index (χ0n) is 12.7. The van der Waals surface area contributed by atoms with Crippen LogP contribution in [-0.2, 0) is 9.47 Å². The standard InChI is InChI=1S/C17H27NO2/c1-3-18-12-17(15-9-7-14(2)8-10-15)20-13-16-6-4-5-11-19-16/h7-10,16-18H,3-6,11-13H2,1-2H3. The maximum absolute atomic E-state index is 6.12. The summed E-state index contributed by atoms with van der Waals surface area (Å²) in [7, 11) is 0. The van der Waals surface area contributed by atoms with Gasteiger partial charge >= 0.3 is 0 Å². The van der Waals surface area contributed by atoms with Crippen LogP contribution < -0.4 is 5.32 Å². The lowest BCUT2D eigenvalue weighted by Gasteiger charge is -2.26. The lowest BCUT2D eigenvalue weighted by molar-refractivity contribution is -0.0632. The lowest BCUT2D eigenvalue weighted by Crippen LogP contribution is -2.29. The molecule has 1 fully saturated rings. The molecule has 3 heteroatoms. The Morgan fingerprint density at radius 3 is 2.75 bits per heavy atom. The molecule has 0 aliphatic carbocycles. The normalized spacial score (nSPS) is 20.8. The number of ether oxygens (including phenoxy) is 2. The van der Waals surface area contributed by atoms with Crippen LogP contribution in [0.3, 0.4) is 0 Å². The van der Waals surface area contributed by atoms with Crippen LogP contribution in [0.2, 0.25) is 0 Å². The average molecular weight is 277 g/mol. The fourth-order valence-electron chi connectivity index (χ4n) is 2.49. The van der Waals surface area contributed by atoms with Gasteiger partial charge in [0.2, 0.25) is 0 Å². The van der Waals surface area contributed by atoms with Crippen LogP contribution in [0.15, 0.2) is 24.3 Å². The molecule has 20 heavy (non-hydrogen) atoms. The zero-order chi connectivity index (χ0) is 14.2. The molecule has 1 aliphatic heterocycles. The van der Waals surface area contributed by atoms with E-state index in [1.54, 1.807) is 0 Å². The van der Waals surface area contributed by atoms with Gasteiger partial charge in [0.25, 0.3) is 0 Å². The summed E-state index contributed by atoms with van der Waals surface area (Å²) in [4.78, 5) is 0. The van der Waals surface area contributed by atoms with Crippen molar-refractivity contribution >= 4 is 0 Å². The molecular formula is C17H27NO2. The molecule has 112 valence electrons. The first-order valence-electron chi connectivity index (χ1n) is 7.80. The Hall–Kier alpha value is -0.900. The van der Waals surface area contributed by atoms with Crippen molar-refractivity contribution in [3.63, 3.8) is 0 Å². The van der Waals surface area contributed by atoms with E-state index in [-0.39, 0.29) is 12.2 Å². The number of benzene rings is 1. The summed E-state index contributed by atoms with van der Waals surface area (Å²) >= 11 is 0. The SMILES string of the molecule is CCNCC(OCC1CCCCO1)c1ccc(C)cc1. The second kappa shape index (κ2) is 8.40. The van der Waals surface area contributed by atoms with Crippen molar-refractivity contribution in [3.05, 3.63) is 35.4 Å². The third-order valence-electron chi connectivity index (χ3n) is 3.79. The molecule has 0 saturated carbocycles. The molecule has 0 bridgehead atoms. The van der Waals surface area contributed by atoms with Crippen LogP contribution in [0.5, 0.6) is 0 Å². The molecule has 1 heterocycles. The van der Waals surface area contributed by atoms with E-state index in [0.29, 0.717) is 6.61 Å². The predicted molar refractivity (Wildman–Crippen MR) is 82.0 cm³/mol. The second-order valence-corrected chi connectivity index (χ2v) is 5.53. The molecule has 2 atom stereocenters. The van der Waals surface area contributed by atoms with E-state index in [1.807, 2.05) is 0 Å². The maximum Gasteiger partial charge on any atom is 0.0950 e. The average Bonchev–Trinajstić information content (AvgIpc) is 2.50. The monoisotopic (exact) mass is 277 g/mol. The summed E-state index contributed by atoms with van der Waals surface area (Å²) in [6.07, 6.45) is 3.97. The largest absolute Gasteiger partial charge is 0.376 e. The molecule has 1 N–H and O–H groups in total. The Bertz CT molecular complexity index is 371. The second-order valence-electron chi connectivity index (χ2n) is 5.53. The Morgan fingerprint density at radius 1 is 1.30 bits per heavy atom. The van der Waals surface area contributed by atoms with Crippen LogP contribution in [0.4, 0.5) is 0 Å². The molecule has 1 aliphatic rings. The van der Waals surface area contributed by atoms with Gasteiger partial charge in [0.15, 0.2) is 0 Å². The number of nitrogens with one attached hydrogen (secondary N) is 1. The highest BCUT2D eigenvalue weighted by molar-refractivity contribution is 5.23. The molecule has 1 aromatic carbocycles. The van der Waals surface area contributed by atoms with Crippen LogP contribution in [0, 0.1) is 6.92 Å². The molecule has 0 radical (unpaired) electrons. The van der Waals surface area contributed by atoms with E-state index < -0.39 is 0 Å². The van der Waals surface area contributed by atoms with Gasteiger partial charge in [-0.2, -0.15) is 0 Å². The third-order valence-corrected chi connectivity index (χ3v) is 3.79. The number of rotatable bonds is 7. The Kier molecular flexibility index (Phi) is 6.51. The van der Waals surface area contributed by atoms with E-state index in [9.17, 15) is 0 Å². The number of aryl methyl sites for hydroxylation is 1. The summed E-state index contributed by atoms with van der Waals surface area (Å²) in [5.74, 6) is 0. The number of hydrogen-bond acceptors (Lipinski definition) is 3. The molecule has 2 unspecified atom stereocenters. The Balaban J connectivity index is 1.90. The van der Waals surface area contributed by atoms with Gasteiger partial charge in [0.05, 0.1) is 18.8 Å². The van der Waals surface area contributed by atoms with E-state index in [1.165, 1.54) is 24.0 Å². The maximum atomic E-state index is 6.12. The lowest BCUT2D eigenvalue weighted by atomic mass is 10.1. The molecule has 0 amide bonds. The van der Waals surface area contributed by atoms with Gasteiger partial charge in [-0.05, 0) is 38.3 Å². The summed E-state index contributed by atoms with van der Waals surface area (Å²) < 4.78 is 11.9. The minimum atomic E-state index is 0.112. The van der Waals surface area contributed by atoms with Crippen LogP contribution in [-0.4, -0.2) is 32.4 Å². The van der Waals surface area contributed by atoms with Crippen LogP contribution >= 0.6 is 0 Å². The van der Waals surface area contributed by atoms with Gasteiger partial charge in [0.1, 0.15) is 0 Å². The first-order valence-corrected chi connectivity index (χ1v) is 7.80. The van der Waals surface area contributed by atoms with Crippen LogP contribution in [0.25, 0.3) is 0 Å². The fourth-order valence-corrected chi connectivity index (χ4v) is 2.49. The van der Waals surface area contributed by atoms with Crippen molar-refractivity contribution in [2.75, 3.05) is 26.3 Å². The van der Waals surface area contributed by atoms with E-state index >= 15 is 0 Å². The first kappa shape index (κ1) is 15.5. The molecule has 2 rings (SSSR count). The van der Waals surface area contributed by atoms with Crippen molar-refractivity contribution in [1.29, 1.82) is 0 Å². The number of likely N-dealkylation sites (N-methyl/N-ethyl adjacent to an activating group) is 1. The summed E-state index contributed by atoms with van der Waals surface area (Å²) in [5.41, 5.74) is 2.53. The summed E-state index contributed by atoms with van der Waals surface area (Å²) in [6.45, 7) is 7.63. The Labute approximate surface area is 122 Å². The topological polar surface area (TPSA) is 30.5 Å². The minimum absolute atomic E-state index is 0.112. The van der Waals surface area contributed by atoms with E-state index in [2.05, 4.69) is 43.4 Å². The van der Waals surface area contributed by atoms with Crippen molar-refractivity contribution in [2.24, 2.45) is 0 Å². The van der Waals surface area contributed by atoms with Crippen molar-refractivity contribution < 1.29 is 9.47 Å². The van der Waals surface area contributed by atoms with Crippen molar-refractivity contribution in [1.82, 2.24) is 5.32 Å². The highest BCUT2D eigenvalue weighted by atomic mass is 16.5. The van der Waals surface area contributed by atoms with Crippen LogP contribution in [0.1, 0.15) is 43.4 Å². The smallest absolute Gasteiger partial charge is 0.0950 e. The minimum Gasteiger partial charge on any atom is -0.376 e. The summed E-state index contributed by atoms with van der Waals surface area (Å²) in [6, 6.07) is 8.63. The fraction of sp³-hybridized carbons (Fsp3) is 0.647. The van der Waals surface area contributed by atoms with Crippen molar-refractivity contribution in [2.45, 2.75) is 45.3 Å². The molecule has 1 saturated heterocycles. The van der Waals surface area contributed by atoms with E-state index in [0.717, 1.165) is 26.1 Å². The molecule has 0 aromatic heterocycles. The number of hydrogen-bond donors (Lipinski definition) is 1. The van der Waals surface area contributed by atoms with Crippen molar-refractivity contribution in [3.8, 4) is 0 Å². The third kappa shape index (κ3) is 4.89. The van der Waals surface area contributed by atoms with Gasteiger partial charge in [-0.25, -0.2) is 0 Å². The first-order chi connectivity index (χ1) is 9.79. The van der Waals surface area contributed by atoms with Gasteiger partial charge < -0.3 is 14.8 Å². The Morgan fingerprint density at radius 2 is 2.10 bits per heavy atom. The quantitative estimate of drug-likeness (QED) is 0.830. The highest BCUT2D eigenvalue weighted by Crippen LogP contribution is 2.20. The predicted octanol–water partition coefficient (Wildman–Crippen LogP) is 3.23. The zero-order valence-corrected chi connectivity index (χ0v) is 12.7. The van der Waals surface area contributed by atoms with Gasteiger partial charge in [-0.1, -0.05) is 36.8 Å². The van der Waals surface area contributed by atoms with Gasteiger partial charge in [-0.15, -0.1) is 0 Å².